The SMILES string of the molecule is C[C@H]1CN(C(=O)Nc2ccc(Cl)c(Cl)c2)[C@@H](C)CC1=O. The maximum Gasteiger partial charge on any atom is 0.322 e. The summed E-state index contributed by atoms with van der Waals surface area (Å²) in [6, 6.07) is 4.60. The zero-order valence-electron chi connectivity index (χ0n) is 11.3. The summed E-state index contributed by atoms with van der Waals surface area (Å²) in [6.45, 7) is 4.15. The molecule has 0 unspecified atom stereocenters. The van der Waals surface area contributed by atoms with Crippen LogP contribution in [0.2, 0.25) is 10.0 Å². The molecule has 0 bridgehead atoms. The van der Waals surface area contributed by atoms with Crippen LogP contribution in [0.15, 0.2) is 18.2 Å². The average molecular weight is 315 g/mol. The largest absolute Gasteiger partial charge is 0.322 e. The summed E-state index contributed by atoms with van der Waals surface area (Å²) in [7, 11) is 0. The highest BCUT2D eigenvalue weighted by Crippen LogP contribution is 2.26. The van der Waals surface area contributed by atoms with Gasteiger partial charge in [-0.3, -0.25) is 4.79 Å². The topological polar surface area (TPSA) is 49.4 Å². The van der Waals surface area contributed by atoms with E-state index in [1.807, 2.05) is 13.8 Å². The third kappa shape index (κ3) is 3.25. The zero-order valence-corrected chi connectivity index (χ0v) is 12.8. The van der Waals surface area contributed by atoms with Gasteiger partial charge in [0.1, 0.15) is 5.78 Å². The molecular formula is C14H16Cl2N2O2. The van der Waals surface area contributed by atoms with Crippen molar-refractivity contribution in [3.8, 4) is 0 Å². The third-order valence-electron chi connectivity index (χ3n) is 3.48. The van der Waals surface area contributed by atoms with E-state index in [1.165, 1.54) is 0 Å². The molecule has 6 heteroatoms. The van der Waals surface area contributed by atoms with Gasteiger partial charge in [-0.15, -0.1) is 0 Å². The molecule has 0 aliphatic carbocycles. The lowest BCUT2D eigenvalue weighted by atomic mass is 9.94. The van der Waals surface area contributed by atoms with Gasteiger partial charge in [0.25, 0.3) is 0 Å². The van der Waals surface area contributed by atoms with Crippen molar-refractivity contribution in [3.63, 3.8) is 0 Å². The second kappa shape index (κ2) is 6.02. The Morgan fingerprint density at radius 1 is 1.30 bits per heavy atom. The van der Waals surface area contributed by atoms with Gasteiger partial charge < -0.3 is 10.2 Å². The van der Waals surface area contributed by atoms with Crippen molar-refractivity contribution in [1.29, 1.82) is 0 Å². The van der Waals surface area contributed by atoms with Gasteiger partial charge >= 0.3 is 6.03 Å². The molecule has 1 aromatic rings. The van der Waals surface area contributed by atoms with Gasteiger partial charge in [0.2, 0.25) is 0 Å². The van der Waals surface area contributed by atoms with Gasteiger partial charge in [-0.05, 0) is 25.1 Å². The molecule has 2 rings (SSSR count). The van der Waals surface area contributed by atoms with E-state index in [9.17, 15) is 9.59 Å². The number of rotatable bonds is 1. The monoisotopic (exact) mass is 314 g/mol. The number of urea groups is 1. The van der Waals surface area contributed by atoms with Crippen molar-refractivity contribution >= 4 is 40.7 Å². The first-order chi connectivity index (χ1) is 9.38. The summed E-state index contributed by atoms with van der Waals surface area (Å²) in [4.78, 5) is 25.6. The fourth-order valence-corrected chi connectivity index (χ4v) is 2.53. The molecular weight excluding hydrogens is 299 g/mol. The molecule has 1 heterocycles. The summed E-state index contributed by atoms with van der Waals surface area (Å²) in [5.41, 5.74) is 0.584. The number of halogens is 2. The minimum atomic E-state index is -0.227. The first kappa shape index (κ1) is 15.1. The van der Waals surface area contributed by atoms with Gasteiger partial charge in [0.15, 0.2) is 0 Å². The maximum atomic E-state index is 12.3. The van der Waals surface area contributed by atoms with E-state index in [0.717, 1.165) is 0 Å². The standard InChI is InChI=1S/C14H16Cl2N2O2/c1-8-7-18(9(2)5-13(8)19)14(20)17-10-3-4-11(15)12(16)6-10/h3-4,6,8-9H,5,7H2,1-2H3,(H,17,20)/t8-,9-/m0/s1. The number of Topliss-reactive ketones (excluding diaryl/α,β-unsaturated/α-hetero) is 1. The van der Waals surface area contributed by atoms with Crippen LogP contribution in [-0.2, 0) is 4.79 Å². The predicted octanol–water partition coefficient (Wildman–Crippen LogP) is 3.82. The number of anilines is 1. The van der Waals surface area contributed by atoms with Crippen LogP contribution in [0.5, 0.6) is 0 Å². The predicted molar refractivity (Wildman–Crippen MR) is 80.4 cm³/mol. The van der Waals surface area contributed by atoms with Crippen molar-refractivity contribution in [2.24, 2.45) is 5.92 Å². The normalized spacial score (nSPS) is 22.8. The minimum Gasteiger partial charge on any atom is -0.321 e. The van der Waals surface area contributed by atoms with Gasteiger partial charge in [0, 0.05) is 30.6 Å². The number of hydrogen-bond donors (Lipinski definition) is 1. The number of amides is 2. The molecule has 1 N–H and O–H groups in total. The van der Waals surface area contributed by atoms with Crippen LogP contribution in [0.4, 0.5) is 10.5 Å². The number of benzene rings is 1. The Balaban J connectivity index is 2.07. The molecule has 20 heavy (non-hydrogen) atoms. The number of carbonyl (C=O) groups excluding carboxylic acids is 2. The Morgan fingerprint density at radius 3 is 2.65 bits per heavy atom. The zero-order chi connectivity index (χ0) is 14.9. The Morgan fingerprint density at radius 2 is 2.00 bits per heavy atom. The molecule has 1 saturated heterocycles. The molecule has 108 valence electrons. The van der Waals surface area contributed by atoms with E-state index >= 15 is 0 Å². The number of carbonyl (C=O) groups is 2. The first-order valence-electron chi connectivity index (χ1n) is 6.44. The van der Waals surface area contributed by atoms with E-state index in [4.69, 9.17) is 23.2 Å². The summed E-state index contributed by atoms with van der Waals surface area (Å²) < 4.78 is 0. The summed E-state index contributed by atoms with van der Waals surface area (Å²) in [5, 5.41) is 3.61. The minimum absolute atomic E-state index is 0.0959. The Hall–Kier alpha value is -1.26. The summed E-state index contributed by atoms with van der Waals surface area (Å²) in [6.07, 6.45) is 0.399. The van der Waals surface area contributed by atoms with Gasteiger partial charge in [-0.2, -0.15) is 0 Å². The van der Waals surface area contributed by atoms with Crippen LogP contribution in [0.25, 0.3) is 0 Å². The Bertz CT molecular complexity index is 548. The van der Waals surface area contributed by atoms with Crippen LogP contribution < -0.4 is 5.32 Å². The number of nitrogens with one attached hydrogen (secondary N) is 1. The second-order valence-electron chi connectivity index (χ2n) is 5.13. The summed E-state index contributed by atoms with van der Waals surface area (Å²) >= 11 is 11.7. The molecule has 1 aliphatic rings. The number of piperidine rings is 1. The average Bonchev–Trinajstić information content (AvgIpc) is 2.38. The number of nitrogens with zero attached hydrogens (tertiary/aromatic N) is 1. The van der Waals surface area contributed by atoms with Crippen LogP contribution in [0, 0.1) is 5.92 Å². The van der Waals surface area contributed by atoms with E-state index in [0.29, 0.717) is 28.7 Å². The lowest BCUT2D eigenvalue weighted by molar-refractivity contribution is -0.126. The quantitative estimate of drug-likeness (QED) is 0.856. The maximum absolute atomic E-state index is 12.3. The van der Waals surface area contributed by atoms with Crippen molar-refractivity contribution in [1.82, 2.24) is 4.90 Å². The number of likely N-dealkylation sites (tertiary alicyclic amines) is 1. The molecule has 0 saturated carbocycles. The molecule has 0 spiro atoms. The van der Waals surface area contributed by atoms with E-state index in [1.54, 1.807) is 23.1 Å². The van der Waals surface area contributed by atoms with E-state index in [-0.39, 0.29) is 23.8 Å². The Labute approximate surface area is 128 Å². The van der Waals surface area contributed by atoms with Gasteiger partial charge in [-0.1, -0.05) is 30.1 Å². The van der Waals surface area contributed by atoms with Crippen LogP contribution in [0.3, 0.4) is 0 Å². The van der Waals surface area contributed by atoms with Crippen molar-refractivity contribution < 1.29 is 9.59 Å². The van der Waals surface area contributed by atoms with Crippen molar-refractivity contribution in [2.75, 3.05) is 11.9 Å². The highest BCUT2D eigenvalue weighted by atomic mass is 35.5. The fourth-order valence-electron chi connectivity index (χ4n) is 2.23. The molecule has 2 amide bonds. The molecule has 0 aromatic heterocycles. The fraction of sp³-hybridized carbons (Fsp3) is 0.429. The molecule has 1 aromatic carbocycles. The van der Waals surface area contributed by atoms with Gasteiger partial charge in [-0.25, -0.2) is 4.79 Å². The molecule has 1 fully saturated rings. The van der Waals surface area contributed by atoms with Crippen molar-refractivity contribution in [3.05, 3.63) is 28.2 Å². The summed E-state index contributed by atoms with van der Waals surface area (Å²) in [5.74, 6) is 0.0850. The van der Waals surface area contributed by atoms with Crippen LogP contribution in [-0.4, -0.2) is 29.3 Å². The van der Waals surface area contributed by atoms with E-state index in [2.05, 4.69) is 5.32 Å². The molecule has 2 atom stereocenters. The Kier molecular flexibility index (Phi) is 4.55. The van der Waals surface area contributed by atoms with E-state index < -0.39 is 0 Å². The lowest BCUT2D eigenvalue weighted by Gasteiger charge is -2.35. The molecule has 1 aliphatic heterocycles. The second-order valence-corrected chi connectivity index (χ2v) is 5.95. The smallest absolute Gasteiger partial charge is 0.321 e. The van der Waals surface area contributed by atoms with Crippen molar-refractivity contribution in [2.45, 2.75) is 26.3 Å². The van der Waals surface area contributed by atoms with Gasteiger partial charge in [0.05, 0.1) is 10.0 Å². The number of ketones is 1. The highest BCUT2D eigenvalue weighted by Gasteiger charge is 2.32. The first-order valence-corrected chi connectivity index (χ1v) is 7.19. The highest BCUT2D eigenvalue weighted by molar-refractivity contribution is 6.42. The number of hydrogen-bond acceptors (Lipinski definition) is 2. The van der Waals surface area contributed by atoms with Crippen LogP contribution >= 0.6 is 23.2 Å². The third-order valence-corrected chi connectivity index (χ3v) is 4.22. The molecule has 4 nitrogen and oxygen atoms in total. The molecule has 0 radical (unpaired) electrons. The lowest BCUT2D eigenvalue weighted by Crippen LogP contribution is -2.50. The van der Waals surface area contributed by atoms with Crippen LogP contribution in [0.1, 0.15) is 20.3 Å².